The van der Waals surface area contributed by atoms with E-state index in [2.05, 4.69) is 11.9 Å². The van der Waals surface area contributed by atoms with Gasteiger partial charge in [0.15, 0.2) is 9.84 Å². The molecule has 0 bridgehead atoms. The molecule has 0 aromatic carbocycles. The van der Waals surface area contributed by atoms with Gasteiger partial charge in [-0.1, -0.05) is 6.58 Å². The first-order valence-electron chi connectivity index (χ1n) is 4.81. The van der Waals surface area contributed by atoms with Crippen LogP contribution in [0.3, 0.4) is 0 Å². The van der Waals surface area contributed by atoms with Crippen LogP contribution in [-0.4, -0.2) is 56.2 Å². The number of hydrogen-bond acceptors (Lipinski definition) is 4. The normalized spacial score (nSPS) is 10.6. The fraction of sp³-hybridized carbons (Fsp3) is 0.556. The lowest BCUT2D eigenvalue weighted by Crippen LogP contribution is -2.38. The zero-order valence-corrected chi connectivity index (χ0v) is 10.8. The number of nitrogens with one attached hydrogen (secondary N) is 1. The molecule has 0 saturated carbocycles. The van der Waals surface area contributed by atoms with E-state index < -0.39 is 15.7 Å². The molecular weight excluding hydrogens is 268 g/mol. The molecule has 0 fully saturated rings. The standard InChI is InChI=1S/C9H15ClN2O4S/c1-2-9(14)11-7-12(8-13)4-6-17(15,16)5-3-10/h2,8H,1,3-7H2,(H,11,14). The second-order valence-electron chi connectivity index (χ2n) is 3.16. The second kappa shape index (κ2) is 8.08. The summed E-state index contributed by atoms with van der Waals surface area (Å²) in [4.78, 5) is 22.6. The van der Waals surface area contributed by atoms with Crippen LogP contribution in [0.25, 0.3) is 0 Å². The molecule has 8 heteroatoms. The maximum absolute atomic E-state index is 11.3. The van der Waals surface area contributed by atoms with Crippen molar-refractivity contribution in [2.24, 2.45) is 0 Å². The zero-order valence-electron chi connectivity index (χ0n) is 9.26. The van der Waals surface area contributed by atoms with Gasteiger partial charge < -0.3 is 10.2 Å². The molecule has 0 aromatic rings. The van der Waals surface area contributed by atoms with Crippen LogP contribution < -0.4 is 5.32 Å². The summed E-state index contributed by atoms with van der Waals surface area (Å²) in [6, 6.07) is 0. The first-order chi connectivity index (χ1) is 7.95. The number of alkyl halides is 1. The van der Waals surface area contributed by atoms with Crippen molar-refractivity contribution in [2.45, 2.75) is 0 Å². The number of sulfone groups is 1. The van der Waals surface area contributed by atoms with E-state index in [4.69, 9.17) is 11.6 Å². The first kappa shape index (κ1) is 15.9. The summed E-state index contributed by atoms with van der Waals surface area (Å²) < 4.78 is 22.6. The minimum atomic E-state index is -3.25. The summed E-state index contributed by atoms with van der Waals surface area (Å²) >= 11 is 5.33. The fourth-order valence-electron chi connectivity index (χ4n) is 0.897. The first-order valence-corrected chi connectivity index (χ1v) is 7.16. The maximum Gasteiger partial charge on any atom is 0.244 e. The number of carbonyl (C=O) groups is 2. The molecule has 1 N–H and O–H groups in total. The monoisotopic (exact) mass is 282 g/mol. The van der Waals surface area contributed by atoms with Gasteiger partial charge in [-0.2, -0.15) is 0 Å². The average molecular weight is 283 g/mol. The molecule has 0 rings (SSSR count). The third kappa shape index (κ3) is 7.76. The van der Waals surface area contributed by atoms with Crippen LogP contribution in [0.1, 0.15) is 0 Å². The van der Waals surface area contributed by atoms with E-state index in [1.165, 1.54) is 0 Å². The van der Waals surface area contributed by atoms with Crippen molar-refractivity contribution in [1.82, 2.24) is 10.2 Å². The van der Waals surface area contributed by atoms with Crippen molar-refractivity contribution in [3.8, 4) is 0 Å². The number of hydrogen-bond donors (Lipinski definition) is 1. The van der Waals surface area contributed by atoms with Crippen molar-refractivity contribution >= 4 is 33.8 Å². The van der Waals surface area contributed by atoms with Gasteiger partial charge in [0.25, 0.3) is 0 Å². The summed E-state index contributed by atoms with van der Waals surface area (Å²) in [7, 11) is -3.25. The van der Waals surface area contributed by atoms with E-state index in [0.29, 0.717) is 6.41 Å². The molecule has 0 spiro atoms. The Morgan fingerprint density at radius 1 is 1.41 bits per heavy atom. The summed E-state index contributed by atoms with van der Waals surface area (Å²) in [5, 5.41) is 2.37. The highest BCUT2D eigenvalue weighted by molar-refractivity contribution is 7.91. The molecule has 0 saturated heterocycles. The Balaban J connectivity index is 4.10. The predicted octanol–water partition coefficient (Wildman–Crippen LogP) is -0.642. The Bertz CT molecular complexity index is 369. The molecule has 0 radical (unpaired) electrons. The zero-order chi connectivity index (χ0) is 13.3. The van der Waals surface area contributed by atoms with Gasteiger partial charge in [0.05, 0.1) is 18.2 Å². The SMILES string of the molecule is C=CC(=O)NCN(C=O)CCS(=O)(=O)CCCl. The van der Waals surface area contributed by atoms with Gasteiger partial charge >= 0.3 is 0 Å². The van der Waals surface area contributed by atoms with Gasteiger partial charge in [0.2, 0.25) is 12.3 Å². The number of nitrogens with zero attached hydrogens (tertiary/aromatic N) is 1. The Hall–Kier alpha value is -1.08. The molecule has 0 aliphatic carbocycles. The molecule has 0 aliphatic heterocycles. The van der Waals surface area contributed by atoms with Crippen LogP contribution in [0.4, 0.5) is 0 Å². The number of halogens is 1. The Kier molecular flexibility index (Phi) is 7.56. The Labute approximate surface area is 106 Å². The van der Waals surface area contributed by atoms with Crippen LogP contribution in [0.5, 0.6) is 0 Å². The third-order valence-corrected chi connectivity index (χ3v) is 3.91. The topological polar surface area (TPSA) is 83.6 Å². The molecule has 6 nitrogen and oxygen atoms in total. The van der Waals surface area contributed by atoms with Crippen LogP contribution in [-0.2, 0) is 19.4 Å². The lowest BCUT2D eigenvalue weighted by atomic mass is 10.6. The smallest absolute Gasteiger partial charge is 0.244 e. The van der Waals surface area contributed by atoms with Gasteiger partial charge in [-0.25, -0.2) is 8.42 Å². The van der Waals surface area contributed by atoms with Gasteiger partial charge in [-0.15, -0.1) is 11.6 Å². The van der Waals surface area contributed by atoms with Crippen molar-refractivity contribution in [3.05, 3.63) is 12.7 Å². The highest BCUT2D eigenvalue weighted by atomic mass is 35.5. The highest BCUT2D eigenvalue weighted by Crippen LogP contribution is 1.94. The van der Waals surface area contributed by atoms with Crippen LogP contribution in [0.2, 0.25) is 0 Å². The summed E-state index contributed by atoms with van der Waals surface area (Å²) in [6.45, 7) is 3.21. The third-order valence-electron chi connectivity index (χ3n) is 1.87. The minimum absolute atomic E-state index is 0.0140. The van der Waals surface area contributed by atoms with Crippen molar-refractivity contribution in [3.63, 3.8) is 0 Å². The molecule has 0 aromatic heterocycles. The Morgan fingerprint density at radius 3 is 2.53 bits per heavy atom. The number of rotatable bonds is 9. The predicted molar refractivity (Wildman–Crippen MR) is 65.4 cm³/mol. The highest BCUT2D eigenvalue weighted by Gasteiger charge is 2.12. The maximum atomic E-state index is 11.3. The van der Waals surface area contributed by atoms with Crippen molar-refractivity contribution in [1.29, 1.82) is 0 Å². The van der Waals surface area contributed by atoms with E-state index in [1.807, 2.05) is 0 Å². The lowest BCUT2D eigenvalue weighted by Gasteiger charge is -2.17. The molecule has 0 unspecified atom stereocenters. The quantitative estimate of drug-likeness (QED) is 0.264. The van der Waals surface area contributed by atoms with E-state index in [1.54, 1.807) is 0 Å². The molecule has 17 heavy (non-hydrogen) atoms. The average Bonchev–Trinajstić information content (AvgIpc) is 2.28. The molecule has 2 amide bonds. The molecular formula is C9H15ClN2O4S. The van der Waals surface area contributed by atoms with Gasteiger partial charge in [-0.3, -0.25) is 9.59 Å². The van der Waals surface area contributed by atoms with E-state index in [0.717, 1.165) is 11.0 Å². The lowest BCUT2D eigenvalue weighted by molar-refractivity contribution is -0.120. The van der Waals surface area contributed by atoms with E-state index in [9.17, 15) is 18.0 Å². The van der Waals surface area contributed by atoms with E-state index >= 15 is 0 Å². The van der Waals surface area contributed by atoms with Crippen LogP contribution >= 0.6 is 11.6 Å². The van der Waals surface area contributed by atoms with Crippen LogP contribution in [0, 0.1) is 0 Å². The largest absolute Gasteiger partial charge is 0.335 e. The minimum Gasteiger partial charge on any atom is -0.335 e. The number of amides is 2. The molecule has 0 heterocycles. The molecule has 0 atom stereocenters. The number of carbonyl (C=O) groups excluding carboxylic acids is 2. The van der Waals surface area contributed by atoms with Gasteiger partial charge in [0, 0.05) is 12.4 Å². The molecule has 0 aliphatic rings. The van der Waals surface area contributed by atoms with Crippen molar-refractivity contribution in [2.75, 3.05) is 30.6 Å². The van der Waals surface area contributed by atoms with Gasteiger partial charge in [0.1, 0.15) is 0 Å². The Morgan fingerprint density at radius 2 is 2.06 bits per heavy atom. The van der Waals surface area contributed by atoms with Gasteiger partial charge in [-0.05, 0) is 6.08 Å². The summed E-state index contributed by atoms with van der Waals surface area (Å²) in [5.74, 6) is -0.709. The second-order valence-corrected chi connectivity index (χ2v) is 5.84. The summed E-state index contributed by atoms with van der Waals surface area (Å²) in [5.41, 5.74) is 0. The van der Waals surface area contributed by atoms with E-state index in [-0.39, 0.29) is 30.6 Å². The fourth-order valence-corrected chi connectivity index (χ4v) is 2.55. The summed E-state index contributed by atoms with van der Waals surface area (Å²) in [6.07, 6.45) is 1.53. The van der Waals surface area contributed by atoms with Crippen LogP contribution in [0.15, 0.2) is 12.7 Å². The van der Waals surface area contributed by atoms with Crippen molar-refractivity contribution < 1.29 is 18.0 Å². The molecule has 98 valence electrons.